The van der Waals surface area contributed by atoms with Gasteiger partial charge in [-0.05, 0) is 31.2 Å². The second-order valence-corrected chi connectivity index (χ2v) is 3.90. The molecule has 6 heteroatoms. The van der Waals surface area contributed by atoms with Crippen LogP contribution < -0.4 is 10.1 Å². The summed E-state index contributed by atoms with van der Waals surface area (Å²) in [4.78, 5) is 0. The van der Waals surface area contributed by atoms with Crippen LogP contribution in [0.5, 0.6) is 5.75 Å². The Labute approximate surface area is 110 Å². The molecular formula is C12H14ClN3O2. The van der Waals surface area contributed by atoms with E-state index in [1.54, 1.807) is 0 Å². The van der Waals surface area contributed by atoms with Gasteiger partial charge in [0.1, 0.15) is 5.75 Å². The summed E-state index contributed by atoms with van der Waals surface area (Å²) >= 11 is 5.59. The molecule has 0 spiro atoms. The van der Waals surface area contributed by atoms with Gasteiger partial charge >= 0.3 is 6.01 Å². The molecular weight excluding hydrogens is 254 g/mol. The van der Waals surface area contributed by atoms with Gasteiger partial charge in [-0.15, -0.1) is 16.7 Å². The van der Waals surface area contributed by atoms with Crippen molar-refractivity contribution in [2.45, 2.75) is 13.3 Å². The van der Waals surface area contributed by atoms with Crippen molar-refractivity contribution >= 4 is 23.3 Å². The van der Waals surface area contributed by atoms with E-state index in [4.69, 9.17) is 20.8 Å². The highest BCUT2D eigenvalue weighted by molar-refractivity contribution is 6.17. The number of aryl methyl sites for hydroxylation is 1. The lowest BCUT2D eigenvalue weighted by Gasteiger charge is -2.04. The molecule has 5 nitrogen and oxygen atoms in total. The Balaban J connectivity index is 1.99. The molecule has 0 aliphatic heterocycles. The summed E-state index contributed by atoms with van der Waals surface area (Å²) in [5.74, 6) is 1.82. The molecule has 96 valence electrons. The van der Waals surface area contributed by atoms with Crippen LogP contribution in [0.1, 0.15) is 12.8 Å². The molecule has 0 saturated carbocycles. The zero-order valence-electron chi connectivity index (χ0n) is 10.0. The minimum atomic E-state index is 0.360. The zero-order valence-corrected chi connectivity index (χ0v) is 10.8. The van der Waals surface area contributed by atoms with E-state index in [0.717, 1.165) is 11.4 Å². The van der Waals surface area contributed by atoms with Crippen LogP contribution in [0.25, 0.3) is 0 Å². The summed E-state index contributed by atoms with van der Waals surface area (Å²) in [5, 5.41) is 10.7. The van der Waals surface area contributed by atoms with Crippen molar-refractivity contribution in [3.05, 3.63) is 30.2 Å². The minimum Gasteiger partial charge on any atom is -0.494 e. The monoisotopic (exact) mass is 267 g/mol. The molecule has 0 radical (unpaired) electrons. The molecule has 0 saturated heterocycles. The molecule has 1 N–H and O–H groups in total. The maximum absolute atomic E-state index is 5.59. The Kier molecular flexibility index (Phi) is 4.41. The van der Waals surface area contributed by atoms with E-state index in [0.29, 0.717) is 30.8 Å². The quantitative estimate of drug-likeness (QED) is 0.816. The van der Waals surface area contributed by atoms with Crippen LogP contribution in [-0.2, 0) is 6.42 Å². The first-order chi connectivity index (χ1) is 8.81. The van der Waals surface area contributed by atoms with E-state index >= 15 is 0 Å². The van der Waals surface area contributed by atoms with Gasteiger partial charge in [0.2, 0.25) is 5.89 Å². The van der Waals surface area contributed by atoms with Crippen LogP contribution in [0.3, 0.4) is 0 Å². The lowest BCUT2D eigenvalue weighted by molar-refractivity contribution is 0.340. The number of nitrogens with zero attached hydrogens (tertiary/aromatic N) is 2. The van der Waals surface area contributed by atoms with E-state index in [1.807, 2.05) is 31.2 Å². The Morgan fingerprint density at radius 2 is 2.06 bits per heavy atom. The average molecular weight is 268 g/mol. The summed E-state index contributed by atoms with van der Waals surface area (Å²) in [7, 11) is 0. The van der Waals surface area contributed by atoms with Gasteiger partial charge < -0.3 is 14.5 Å². The maximum atomic E-state index is 5.59. The topological polar surface area (TPSA) is 60.2 Å². The summed E-state index contributed by atoms with van der Waals surface area (Å²) in [5.41, 5.74) is 0.861. The molecule has 2 rings (SSSR count). The first kappa shape index (κ1) is 12.7. The molecule has 1 aromatic carbocycles. The highest BCUT2D eigenvalue weighted by atomic mass is 35.5. The second kappa shape index (κ2) is 6.26. The van der Waals surface area contributed by atoms with Crippen LogP contribution in [0.2, 0.25) is 0 Å². The third-order valence-corrected chi connectivity index (χ3v) is 2.38. The molecule has 0 aliphatic carbocycles. The van der Waals surface area contributed by atoms with Gasteiger partial charge in [0.05, 0.1) is 6.61 Å². The van der Waals surface area contributed by atoms with E-state index in [2.05, 4.69) is 15.5 Å². The standard InChI is InChI=1S/C12H14ClN3O2/c1-2-17-10-5-3-9(4-6-10)14-12-16-15-11(18-12)7-8-13/h3-6H,2,7-8H2,1H3,(H,14,16). The lowest BCUT2D eigenvalue weighted by Crippen LogP contribution is -1.93. The zero-order chi connectivity index (χ0) is 12.8. The van der Waals surface area contributed by atoms with Crippen molar-refractivity contribution in [3.63, 3.8) is 0 Å². The third kappa shape index (κ3) is 3.37. The summed E-state index contributed by atoms with van der Waals surface area (Å²) in [6.45, 7) is 2.60. The number of aromatic nitrogens is 2. The van der Waals surface area contributed by atoms with E-state index < -0.39 is 0 Å². The molecule has 18 heavy (non-hydrogen) atoms. The summed E-state index contributed by atoms with van der Waals surface area (Å²) < 4.78 is 10.7. The average Bonchev–Trinajstić information content (AvgIpc) is 2.80. The first-order valence-electron chi connectivity index (χ1n) is 5.70. The molecule has 0 fully saturated rings. The third-order valence-electron chi connectivity index (χ3n) is 2.19. The van der Waals surface area contributed by atoms with Crippen molar-refractivity contribution in [1.82, 2.24) is 10.2 Å². The van der Waals surface area contributed by atoms with Crippen LogP contribution in [0.4, 0.5) is 11.7 Å². The summed E-state index contributed by atoms with van der Waals surface area (Å²) in [6, 6.07) is 7.88. The highest BCUT2D eigenvalue weighted by Crippen LogP contribution is 2.19. The SMILES string of the molecule is CCOc1ccc(Nc2nnc(CCCl)o2)cc1. The molecule has 1 heterocycles. The van der Waals surface area contributed by atoms with Crippen molar-refractivity contribution in [1.29, 1.82) is 0 Å². The fourth-order valence-corrected chi connectivity index (χ4v) is 1.57. The van der Waals surface area contributed by atoms with Gasteiger partial charge in [-0.1, -0.05) is 5.10 Å². The van der Waals surface area contributed by atoms with Crippen molar-refractivity contribution in [3.8, 4) is 5.75 Å². The molecule has 0 bridgehead atoms. The number of anilines is 2. The van der Waals surface area contributed by atoms with Crippen LogP contribution in [0.15, 0.2) is 28.7 Å². The van der Waals surface area contributed by atoms with Gasteiger partial charge in [-0.3, -0.25) is 0 Å². The summed E-state index contributed by atoms with van der Waals surface area (Å²) in [6.07, 6.45) is 0.569. The minimum absolute atomic E-state index is 0.360. The van der Waals surface area contributed by atoms with E-state index in [-0.39, 0.29) is 0 Å². The number of ether oxygens (including phenoxy) is 1. The fourth-order valence-electron chi connectivity index (χ4n) is 1.41. The van der Waals surface area contributed by atoms with E-state index in [1.165, 1.54) is 0 Å². The van der Waals surface area contributed by atoms with Gasteiger partial charge in [-0.2, -0.15) is 0 Å². The predicted molar refractivity (Wildman–Crippen MR) is 69.6 cm³/mol. The van der Waals surface area contributed by atoms with Crippen molar-refractivity contribution < 1.29 is 9.15 Å². The van der Waals surface area contributed by atoms with Gasteiger partial charge in [0.15, 0.2) is 0 Å². The molecule has 0 aliphatic rings. The van der Waals surface area contributed by atoms with Crippen LogP contribution in [-0.4, -0.2) is 22.7 Å². The van der Waals surface area contributed by atoms with Gasteiger partial charge in [0, 0.05) is 18.0 Å². The Morgan fingerprint density at radius 3 is 2.72 bits per heavy atom. The number of hydrogen-bond acceptors (Lipinski definition) is 5. The largest absolute Gasteiger partial charge is 0.494 e. The number of rotatable bonds is 6. The number of halogens is 1. The van der Waals surface area contributed by atoms with E-state index in [9.17, 15) is 0 Å². The fraction of sp³-hybridized carbons (Fsp3) is 0.333. The van der Waals surface area contributed by atoms with Gasteiger partial charge in [0.25, 0.3) is 0 Å². The number of alkyl halides is 1. The van der Waals surface area contributed by atoms with Crippen LogP contribution in [0, 0.1) is 0 Å². The second-order valence-electron chi connectivity index (χ2n) is 3.52. The number of nitrogens with one attached hydrogen (secondary N) is 1. The highest BCUT2D eigenvalue weighted by Gasteiger charge is 2.05. The molecule has 0 amide bonds. The maximum Gasteiger partial charge on any atom is 0.320 e. The predicted octanol–water partition coefficient (Wildman–Crippen LogP) is 2.99. The first-order valence-corrected chi connectivity index (χ1v) is 6.23. The Morgan fingerprint density at radius 1 is 1.28 bits per heavy atom. The normalized spacial score (nSPS) is 10.3. The van der Waals surface area contributed by atoms with Crippen molar-refractivity contribution in [2.24, 2.45) is 0 Å². The van der Waals surface area contributed by atoms with Crippen molar-refractivity contribution in [2.75, 3.05) is 17.8 Å². The Bertz CT molecular complexity index is 484. The van der Waals surface area contributed by atoms with Crippen LogP contribution >= 0.6 is 11.6 Å². The molecule has 1 aromatic heterocycles. The molecule has 0 atom stereocenters. The number of hydrogen-bond donors (Lipinski definition) is 1. The van der Waals surface area contributed by atoms with Gasteiger partial charge in [-0.25, -0.2) is 0 Å². The Hall–Kier alpha value is -1.75. The number of benzene rings is 1. The molecule has 2 aromatic rings. The lowest BCUT2D eigenvalue weighted by atomic mass is 10.3. The smallest absolute Gasteiger partial charge is 0.320 e. The molecule has 0 unspecified atom stereocenters.